The van der Waals surface area contributed by atoms with Crippen LogP contribution in [0.1, 0.15) is 43.2 Å². The largest absolute Gasteiger partial charge is 0.311 e. The van der Waals surface area contributed by atoms with Crippen LogP contribution >= 0.6 is 0 Å². The van der Waals surface area contributed by atoms with E-state index in [1.807, 2.05) is 6.08 Å². The normalized spacial score (nSPS) is 25.1. The molecule has 1 aromatic carbocycles. The smallest absolute Gasteiger partial charge is 0.00813 e. The van der Waals surface area contributed by atoms with Gasteiger partial charge in [0.25, 0.3) is 0 Å². The van der Waals surface area contributed by atoms with E-state index in [1.54, 1.807) is 0 Å². The maximum absolute atomic E-state index is 3.78. The molecule has 1 fully saturated rings. The van der Waals surface area contributed by atoms with Gasteiger partial charge in [0.2, 0.25) is 0 Å². The van der Waals surface area contributed by atoms with Crippen molar-refractivity contribution in [3.8, 4) is 0 Å². The third-order valence-corrected chi connectivity index (χ3v) is 3.69. The van der Waals surface area contributed by atoms with Crippen molar-refractivity contribution in [2.24, 2.45) is 0 Å². The van der Waals surface area contributed by atoms with E-state index in [-0.39, 0.29) is 0 Å². The van der Waals surface area contributed by atoms with Crippen molar-refractivity contribution in [3.05, 3.63) is 48.0 Å². The molecule has 92 valence electrons. The predicted molar refractivity (Wildman–Crippen MR) is 74.4 cm³/mol. The van der Waals surface area contributed by atoms with Crippen LogP contribution in [0.25, 0.3) is 0 Å². The predicted octanol–water partition coefficient (Wildman–Crippen LogP) is 3.80. The van der Waals surface area contributed by atoms with Crippen molar-refractivity contribution in [1.29, 1.82) is 0 Å². The van der Waals surface area contributed by atoms with Gasteiger partial charge in [-0.15, -0.1) is 6.58 Å². The average molecular weight is 229 g/mol. The molecule has 17 heavy (non-hydrogen) atoms. The van der Waals surface area contributed by atoms with Gasteiger partial charge in [0.1, 0.15) is 0 Å². The number of hydrogen-bond acceptors (Lipinski definition) is 1. The van der Waals surface area contributed by atoms with Gasteiger partial charge in [-0.2, -0.15) is 0 Å². The van der Waals surface area contributed by atoms with Crippen molar-refractivity contribution in [2.45, 2.75) is 51.1 Å². The highest BCUT2D eigenvalue weighted by Crippen LogP contribution is 2.37. The van der Waals surface area contributed by atoms with Gasteiger partial charge in [-0.05, 0) is 44.6 Å². The molecule has 0 aromatic heterocycles. The third-order valence-electron chi connectivity index (χ3n) is 3.69. The highest BCUT2D eigenvalue weighted by molar-refractivity contribution is 5.27. The van der Waals surface area contributed by atoms with E-state index in [0.29, 0.717) is 12.1 Å². The maximum Gasteiger partial charge on any atom is 0.00813 e. The van der Waals surface area contributed by atoms with Crippen LogP contribution < -0.4 is 5.32 Å². The second kappa shape index (κ2) is 5.50. The first kappa shape index (κ1) is 12.4. The number of rotatable bonds is 5. The number of hydrogen-bond donors (Lipinski definition) is 1. The summed E-state index contributed by atoms with van der Waals surface area (Å²) < 4.78 is 0. The van der Waals surface area contributed by atoms with Crippen molar-refractivity contribution in [3.63, 3.8) is 0 Å². The lowest BCUT2D eigenvalue weighted by Crippen LogP contribution is -2.44. The molecule has 0 amide bonds. The Bertz CT molecular complexity index is 377. The quantitative estimate of drug-likeness (QED) is 0.757. The fraction of sp³-hybridized carbons (Fsp3) is 0.500. The summed E-state index contributed by atoms with van der Waals surface area (Å²) in [5, 5.41) is 3.66. The van der Waals surface area contributed by atoms with Crippen LogP contribution in [0, 0.1) is 6.92 Å². The second-order valence-electron chi connectivity index (χ2n) is 5.37. The van der Waals surface area contributed by atoms with Crippen LogP contribution in [0.2, 0.25) is 0 Å². The summed E-state index contributed by atoms with van der Waals surface area (Å²) in [7, 11) is 0. The summed E-state index contributed by atoms with van der Waals surface area (Å²) in [6.45, 7) is 8.19. The third kappa shape index (κ3) is 3.19. The summed E-state index contributed by atoms with van der Waals surface area (Å²) in [5.41, 5.74) is 2.89. The molecule has 0 aliphatic heterocycles. The SMILES string of the molecule is C=CCC(C)NC1CC(c2cccc(C)c2)C1. The molecule has 1 saturated carbocycles. The number of aryl methyl sites for hydroxylation is 1. The number of benzene rings is 1. The van der Waals surface area contributed by atoms with Crippen molar-refractivity contribution in [2.75, 3.05) is 0 Å². The average Bonchev–Trinajstić information content (AvgIpc) is 2.23. The van der Waals surface area contributed by atoms with E-state index in [1.165, 1.54) is 24.0 Å². The Kier molecular flexibility index (Phi) is 4.01. The lowest BCUT2D eigenvalue weighted by atomic mass is 9.75. The van der Waals surface area contributed by atoms with Crippen LogP contribution in [-0.4, -0.2) is 12.1 Å². The zero-order valence-electron chi connectivity index (χ0n) is 10.9. The molecule has 0 saturated heterocycles. The summed E-state index contributed by atoms with van der Waals surface area (Å²) in [6.07, 6.45) is 5.62. The minimum atomic E-state index is 0.566. The first-order valence-electron chi connectivity index (χ1n) is 6.62. The van der Waals surface area contributed by atoms with E-state index < -0.39 is 0 Å². The minimum absolute atomic E-state index is 0.566. The molecule has 1 nitrogen and oxygen atoms in total. The minimum Gasteiger partial charge on any atom is -0.311 e. The fourth-order valence-corrected chi connectivity index (χ4v) is 2.67. The molecule has 1 aliphatic carbocycles. The zero-order chi connectivity index (χ0) is 12.3. The van der Waals surface area contributed by atoms with E-state index in [4.69, 9.17) is 0 Å². The van der Waals surface area contributed by atoms with Gasteiger partial charge < -0.3 is 5.32 Å². The Morgan fingerprint density at radius 2 is 2.24 bits per heavy atom. The highest BCUT2D eigenvalue weighted by atomic mass is 15.0. The van der Waals surface area contributed by atoms with Gasteiger partial charge in [-0.3, -0.25) is 0 Å². The van der Waals surface area contributed by atoms with Gasteiger partial charge >= 0.3 is 0 Å². The van der Waals surface area contributed by atoms with Crippen LogP contribution in [0.3, 0.4) is 0 Å². The molecule has 1 heteroatoms. The molecule has 1 aliphatic rings. The molecule has 0 spiro atoms. The lowest BCUT2D eigenvalue weighted by Gasteiger charge is -2.38. The van der Waals surface area contributed by atoms with Crippen LogP contribution in [0.4, 0.5) is 0 Å². The maximum atomic E-state index is 3.78. The first-order chi connectivity index (χ1) is 8.19. The van der Waals surface area contributed by atoms with Crippen LogP contribution in [-0.2, 0) is 0 Å². The second-order valence-corrected chi connectivity index (χ2v) is 5.37. The Morgan fingerprint density at radius 3 is 2.88 bits per heavy atom. The van der Waals surface area contributed by atoms with Gasteiger partial charge in [0.15, 0.2) is 0 Å². The molecule has 0 radical (unpaired) electrons. The summed E-state index contributed by atoms with van der Waals surface area (Å²) in [5.74, 6) is 0.767. The molecule has 1 aromatic rings. The Labute approximate surface area is 105 Å². The van der Waals surface area contributed by atoms with E-state index >= 15 is 0 Å². The van der Waals surface area contributed by atoms with Crippen LogP contribution in [0.15, 0.2) is 36.9 Å². The van der Waals surface area contributed by atoms with E-state index in [9.17, 15) is 0 Å². The summed E-state index contributed by atoms with van der Waals surface area (Å²) in [6, 6.07) is 10.2. The monoisotopic (exact) mass is 229 g/mol. The standard InChI is InChI=1S/C16H23N/c1-4-6-13(3)17-16-10-15(11-16)14-8-5-7-12(2)9-14/h4-5,7-9,13,15-17H,1,6,10-11H2,2-3H3. The van der Waals surface area contributed by atoms with Gasteiger partial charge in [0, 0.05) is 12.1 Å². The van der Waals surface area contributed by atoms with Gasteiger partial charge in [0.05, 0.1) is 0 Å². The molecular formula is C16H23N. The highest BCUT2D eigenvalue weighted by Gasteiger charge is 2.30. The molecule has 1 unspecified atom stereocenters. The zero-order valence-corrected chi connectivity index (χ0v) is 10.9. The number of nitrogens with one attached hydrogen (secondary N) is 1. The molecule has 1 N–H and O–H groups in total. The van der Waals surface area contributed by atoms with Crippen LogP contribution in [0.5, 0.6) is 0 Å². The van der Waals surface area contributed by atoms with Crippen molar-refractivity contribution < 1.29 is 0 Å². The van der Waals surface area contributed by atoms with E-state index in [2.05, 4.69) is 50.0 Å². The van der Waals surface area contributed by atoms with Crippen molar-refractivity contribution >= 4 is 0 Å². The Morgan fingerprint density at radius 1 is 1.47 bits per heavy atom. The molecule has 1 atom stereocenters. The summed E-state index contributed by atoms with van der Waals surface area (Å²) >= 11 is 0. The molecule has 0 heterocycles. The fourth-order valence-electron chi connectivity index (χ4n) is 2.67. The van der Waals surface area contributed by atoms with E-state index in [0.717, 1.165) is 12.3 Å². The summed E-state index contributed by atoms with van der Waals surface area (Å²) in [4.78, 5) is 0. The van der Waals surface area contributed by atoms with Gasteiger partial charge in [-0.25, -0.2) is 0 Å². The molecule has 0 bridgehead atoms. The molecular weight excluding hydrogens is 206 g/mol. The molecule has 2 rings (SSSR count). The first-order valence-corrected chi connectivity index (χ1v) is 6.62. The Hall–Kier alpha value is -1.08. The van der Waals surface area contributed by atoms with Crippen molar-refractivity contribution in [1.82, 2.24) is 5.32 Å². The van der Waals surface area contributed by atoms with Gasteiger partial charge in [-0.1, -0.05) is 35.9 Å². The lowest BCUT2D eigenvalue weighted by molar-refractivity contribution is 0.270. The Balaban J connectivity index is 1.80. The topological polar surface area (TPSA) is 12.0 Å².